The van der Waals surface area contributed by atoms with E-state index in [1.165, 1.54) is 6.92 Å². The number of fused-ring (bicyclic) bond motifs is 4. The van der Waals surface area contributed by atoms with Gasteiger partial charge in [0.05, 0.1) is 43.7 Å². The summed E-state index contributed by atoms with van der Waals surface area (Å²) in [6.45, 7) is 16.7. The average Bonchev–Trinajstić information content (AvgIpc) is 3.74. The predicted octanol–water partition coefficient (Wildman–Crippen LogP) is 0.994. The van der Waals surface area contributed by atoms with Gasteiger partial charge in [-0.05, 0) is 100 Å². The lowest BCUT2D eigenvalue weighted by Crippen LogP contribution is -2.68. The molecule has 4 saturated carbocycles. The first kappa shape index (κ1) is 48.1. The van der Waals surface area contributed by atoms with Crippen molar-refractivity contribution in [2.45, 2.75) is 216 Å². The van der Waals surface area contributed by atoms with Crippen molar-refractivity contribution in [3.63, 3.8) is 0 Å². The molecule has 0 aromatic carbocycles. The van der Waals surface area contributed by atoms with Gasteiger partial charge in [-0.3, -0.25) is 0 Å². The first-order valence-corrected chi connectivity index (χ1v) is 23.9. The van der Waals surface area contributed by atoms with Gasteiger partial charge in [-0.1, -0.05) is 39.3 Å². The highest BCUT2D eigenvalue weighted by Gasteiger charge is 2.81. The SMILES string of the molecule is CC(C)=CC1CC(C)(O)C2C3CCC4C5(C)CCC(OC6OCC(O)C(OC7OC(C)C(O)C(O)C7O)C6OC6OC(CO)C(O)C(O)C6O)C(C)(C)C5CCC4(C)C34COC2(C4)O1. The Hall–Kier alpha value is -0.940. The van der Waals surface area contributed by atoms with Crippen molar-refractivity contribution in [1.29, 1.82) is 0 Å². The van der Waals surface area contributed by atoms with E-state index in [0.717, 1.165) is 44.1 Å². The smallest absolute Gasteiger partial charge is 0.187 e. The Morgan fingerprint density at radius 2 is 1.41 bits per heavy atom. The third kappa shape index (κ3) is 7.19. The van der Waals surface area contributed by atoms with Gasteiger partial charge in [-0.2, -0.15) is 0 Å². The van der Waals surface area contributed by atoms with Crippen molar-refractivity contribution in [2.24, 2.45) is 45.3 Å². The standard InChI is InChI=1S/C47H76O17/c1-21(2)15-23-16-45(8,56)38-24-9-10-28-43(6)13-12-29(42(4,5)27(43)11-14-44(28,7)46(24)19-47(38,64-23)58-20-46)61-41-37(63-40-35(55)33(53)31(51)26(17-48)60-40)36(25(49)18-57-41)62-39-34(54)32(52)30(50)22(3)59-39/h15,22-41,48-56H,9-14,16-20H2,1-8H3. The predicted molar refractivity (Wildman–Crippen MR) is 223 cm³/mol. The van der Waals surface area contributed by atoms with Gasteiger partial charge in [0.1, 0.15) is 61.0 Å². The fourth-order valence-electron chi connectivity index (χ4n) is 15.8. The van der Waals surface area contributed by atoms with Crippen LogP contribution in [0.25, 0.3) is 0 Å². The fraction of sp³-hybridized carbons (Fsp3) is 0.957. The van der Waals surface area contributed by atoms with Crippen LogP contribution >= 0.6 is 0 Å². The number of aliphatic hydroxyl groups excluding tert-OH is 8. The molecule has 366 valence electrons. The van der Waals surface area contributed by atoms with Crippen molar-refractivity contribution in [3.05, 3.63) is 11.6 Å². The number of ether oxygens (including phenoxy) is 8. The summed E-state index contributed by atoms with van der Waals surface area (Å²) in [7, 11) is 0. The van der Waals surface area contributed by atoms with E-state index in [1.807, 2.05) is 6.92 Å². The number of hydrogen-bond acceptors (Lipinski definition) is 17. The lowest BCUT2D eigenvalue weighted by molar-refractivity contribution is -0.388. The molecule has 0 aromatic heterocycles. The molecule has 2 spiro atoms. The average molecular weight is 913 g/mol. The number of allylic oxidation sites excluding steroid dienone is 1. The van der Waals surface area contributed by atoms with Crippen molar-refractivity contribution >= 4 is 0 Å². The van der Waals surface area contributed by atoms with Gasteiger partial charge in [-0.25, -0.2) is 0 Å². The molecule has 5 heterocycles. The van der Waals surface area contributed by atoms with Crippen molar-refractivity contribution < 1.29 is 83.9 Å². The van der Waals surface area contributed by atoms with Crippen LogP contribution in [0.3, 0.4) is 0 Å². The highest BCUT2D eigenvalue weighted by Crippen LogP contribution is 2.80. The summed E-state index contributed by atoms with van der Waals surface area (Å²) in [6, 6.07) is 0. The molecule has 64 heavy (non-hydrogen) atoms. The van der Waals surface area contributed by atoms with E-state index in [0.29, 0.717) is 25.4 Å². The lowest BCUT2D eigenvalue weighted by Gasteiger charge is -2.70. The second-order valence-electron chi connectivity index (χ2n) is 23.0. The summed E-state index contributed by atoms with van der Waals surface area (Å²) in [5.74, 6) is -0.0474. The minimum Gasteiger partial charge on any atom is -0.394 e. The molecule has 9 N–H and O–H groups in total. The Morgan fingerprint density at radius 1 is 0.734 bits per heavy atom. The maximum atomic E-state index is 12.2. The molecule has 17 heteroatoms. The molecule has 0 aromatic rings. The first-order chi connectivity index (χ1) is 29.9. The van der Waals surface area contributed by atoms with Crippen LogP contribution in [0.1, 0.15) is 107 Å². The van der Waals surface area contributed by atoms with Crippen molar-refractivity contribution in [2.75, 3.05) is 19.8 Å². The summed E-state index contributed by atoms with van der Waals surface area (Å²) < 4.78 is 51.0. The number of rotatable bonds is 8. The number of aliphatic hydroxyl groups is 9. The van der Waals surface area contributed by atoms with Crippen LogP contribution in [0.15, 0.2) is 11.6 Å². The zero-order chi connectivity index (χ0) is 46.3. The summed E-state index contributed by atoms with van der Waals surface area (Å²) in [5.41, 5.74) is -0.486. The normalized spacial score (nSPS) is 57.8. The van der Waals surface area contributed by atoms with Crippen LogP contribution in [-0.2, 0) is 37.9 Å². The maximum Gasteiger partial charge on any atom is 0.187 e. The zero-order valence-electron chi connectivity index (χ0n) is 38.7. The van der Waals surface area contributed by atoms with E-state index in [9.17, 15) is 46.0 Å². The fourth-order valence-corrected chi connectivity index (χ4v) is 15.8. The molecule has 5 aliphatic heterocycles. The summed E-state index contributed by atoms with van der Waals surface area (Å²) in [4.78, 5) is 0. The highest BCUT2D eigenvalue weighted by atomic mass is 16.8. The molecule has 4 aliphatic carbocycles. The molecule has 0 amide bonds. The molecular weight excluding hydrogens is 836 g/mol. The summed E-state index contributed by atoms with van der Waals surface area (Å²) >= 11 is 0. The quantitative estimate of drug-likeness (QED) is 0.122. The van der Waals surface area contributed by atoms with E-state index in [4.69, 9.17) is 37.9 Å². The van der Waals surface area contributed by atoms with E-state index < -0.39 is 116 Å². The highest BCUT2D eigenvalue weighted by molar-refractivity contribution is 5.26. The molecule has 2 bridgehead atoms. The molecule has 9 rings (SSSR count). The number of hydrogen-bond donors (Lipinski definition) is 9. The Morgan fingerprint density at radius 3 is 2.09 bits per heavy atom. The first-order valence-electron chi connectivity index (χ1n) is 23.9. The second kappa shape index (κ2) is 16.6. The third-order valence-corrected chi connectivity index (χ3v) is 18.7. The van der Waals surface area contributed by atoms with Gasteiger partial charge in [0.2, 0.25) is 0 Å². The summed E-state index contributed by atoms with van der Waals surface area (Å²) in [5, 5.41) is 97.8. The van der Waals surface area contributed by atoms with Crippen LogP contribution in [0.5, 0.6) is 0 Å². The largest absolute Gasteiger partial charge is 0.394 e. The molecule has 5 saturated heterocycles. The van der Waals surface area contributed by atoms with Crippen molar-refractivity contribution in [1.82, 2.24) is 0 Å². The van der Waals surface area contributed by atoms with Gasteiger partial charge < -0.3 is 83.9 Å². The molecule has 25 unspecified atom stereocenters. The second-order valence-corrected chi connectivity index (χ2v) is 23.0. The Kier molecular flexibility index (Phi) is 12.5. The molecular formula is C47H76O17. The van der Waals surface area contributed by atoms with Gasteiger partial charge in [-0.15, -0.1) is 0 Å². The van der Waals surface area contributed by atoms with Crippen molar-refractivity contribution in [3.8, 4) is 0 Å². The minimum absolute atomic E-state index is 0.0678. The Bertz CT molecular complexity index is 1740. The van der Waals surface area contributed by atoms with Crippen LogP contribution in [0.4, 0.5) is 0 Å². The third-order valence-electron chi connectivity index (χ3n) is 18.7. The molecule has 17 nitrogen and oxygen atoms in total. The van der Waals surface area contributed by atoms with E-state index in [-0.39, 0.29) is 46.7 Å². The maximum absolute atomic E-state index is 12.2. The minimum atomic E-state index is -1.80. The van der Waals surface area contributed by atoms with Crippen LogP contribution in [0, 0.1) is 45.3 Å². The molecule has 25 atom stereocenters. The lowest BCUT2D eigenvalue weighted by atomic mass is 9.35. The molecule has 9 fully saturated rings. The van der Waals surface area contributed by atoms with Crippen LogP contribution < -0.4 is 0 Å². The topological polar surface area (TPSA) is 256 Å². The Labute approximate surface area is 376 Å². The van der Waals surface area contributed by atoms with E-state index in [1.54, 1.807) is 0 Å². The van der Waals surface area contributed by atoms with Gasteiger partial charge in [0.25, 0.3) is 0 Å². The van der Waals surface area contributed by atoms with E-state index in [2.05, 4.69) is 47.6 Å². The van der Waals surface area contributed by atoms with Gasteiger partial charge >= 0.3 is 0 Å². The molecule has 9 aliphatic rings. The Balaban J connectivity index is 0.976. The van der Waals surface area contributed by atoms with Crippen LogP contribution in [0.2, 0.25) is 0 Å². The zero-order valence-corrected chi connectivity index (χ0v) is 38.7. The van der Waals surface area contributed by atoms with Gasteiger partial charge in [0.15, 0.2) is 24.7 Å². The summed E-state index contributed by atoms with van der Waals surface area (Å²) in [6.07, 6.45) is -12.6. The van der Waals surface area contributed by atoms with Crippen LogP contribution in [-0.4, -0.2) is 175 Å². The van der Waals surface area contributed by atoms with E-state index >= 15 is 0 Å². The van der Waals surface area contributed by atoms with Gasteiger partial charge in [0, 0.05) is 24.2 Å². The monoisotopic (exact) mass is 913 g/mol. The molecule has 0 radical (unpaired) electrons.